The number of aromatic nitrogens is 2. The molecule has 0 bridgehead atoms. The molecule has 0 aliphatic heterocycles. The predicted molar refractivity (Wildman–Crippen MR) is 70.9 cm³/mol. The van der Waals surface area contributed by atoms with Crippen LogP contribution in [-0.2, 0) is 5.54 Å². The average molecular weight is 239 g/mol. The van der Waals surface area contributed by atoms with Crippen molar-refractivity contribution in [1.29, 1.82) is 0 Å². The number of nitrogens with two attached hydrogens (primary N) is 1. The SMILES string of the molecule is NC1(c2ccc3nccnc3c2)C2CCCCC21. The van der Waals surface area contributed by atoms with Gasteiger partial charge in [0, 0.05) is 17.9 Å². The molecule has 3 heteroatoms. The monoisotopic (exact) mass is 239 g/mol. The number of benzene rings is 1. The largest absolute Gasteiger partial charge is 0.321 e. The van der Waals surface area contributed by atoms with Crippen LogP contribution < -0.4 is 5.73 Å². The van der Waals surface area contributed by atoms with Crippen LogP contribution in [0.25, 0.3) is 11.0 Å². The van der Waals surface area contributed by atoms with Gasteiger partial charge in [-0.2, -0.15) is 0 Å². The van der Waals surface area contributed by atoms with Gasteiger partial charge in [-0.25, -0.2) is 0 Å². The molecule has 2 N–H and O–H groups in total. The van der Waals surface area contributed by atoms with Gasteiger partial charge in [0.25, 0.3) is 0 Å². The Labute approximate surface area is 106 Å². The van der Waals surface area contributed by atoms with Gasteiger partial charge in [0.15, 0.2) is 0 Å². The Balaban J connectivity index is 1.79. The maximum atomic E-state index is 6.66. The fourth-order valence-corrected chi connectivity index (χ4v) is 3.83. The Morgan fingerprint density at radius 2 is 1.67 bits per heavy atom. The molecule has 1 aromatic carbocycles. The maximum absolute atomic E-state index is 6.66. The van der Waals surface area contributed by atoms with Gasteiger partial charge in [-0.3, -0.25) is 9.97 Å². The van der Waals surface area contributed by atoms with Crippen molar-refractivity contribution < 1.29 is 0 Å². The minimum Gasteiger partial charge on any atom is -0.321 e. The van der Waals surface area contributed by atoms with Crippen molar-refractivity contribution in [3.63, 3.8) is 0 Å². The highest BCUT2D eigenvalue weighted by Crippen LogP contribution is 2.62. The molecule has 2 saturated carbocycles. The third-order valence-electron chi connectivity index (χ3n) is 4.85. The van der Waals surface area contributed by atoms with Crippen molar-refractivity contribution in [2.45, 2.75) is 31.2 Å². The lowest BCUT2D eigenvalue weighted by molar-refractivity contribution is 0.480. The lowest BCUT2D eigenvalue weighted by Gasteiger charge is -2.12. The highest BCUT2D eigenvalue weighted by Gasteiger charge is 2.62. The summed E-state index contributed by atoms with van der Waals surface area (Å²) in [6, 6.07) is 6.34. The Bertz CT molecular complexity index is 595. The van der Waals surface area contributed by atoms with E-state index >= 15 is 0 Å². The molecule has 1 heterocycles. The summed E-state index contributed by atoms with van der Waals surface area (Å²) in [4.78, 5) is 8.69. The van der Waals surface area contributed by atoms with Crippen LogP contribution in [-0.4, -0.2) is 9.97 Å². The van der Waals surface area contributed by atoms with Gasteiger partial charge < -0.3 is 5.73 Å². The minimum absolute atomic E-state index is 0.0811. The third kappa shape index (κ3) is 1.28. The van der Waals surface area contributed by atoms with Crippen LogP contribution in [0.2, 0.25) is 0 Å². The van der Waals surface area contributed by atoms with E-state index in [0.717, 1.165) is 11.0 Å². The number of fused-ring (bicyclic) bond motifs is 2. The fraction of sp³-hybridized carbons (Fsp3) is 0.467. The van der Waals surface area contributed by atoms with Crippen molar-refractivity contribution in [2.24, 2.45) is 17.6 Å². The molecule has 4 rings (SSSR count). The van der Waals surface area contributed by atoms with Crippen LogP contribution in [0, 0.1) is 11.8 Å². The van der Waals surface area contributed by atoms with E-state index < -0.39 is 0 Å². The summed E-state index contributed by atoms with van der Waals surface area (Å²) in [6.07, 6.45) is 8.74. The second-order valence-corrected chi connectivity index (χ2v) is 5.69. The average Bonchev–Trinajstić information content (AvgIpc) is 3.06. The van der Waals surface area contributed by atoms with Crippen molar-refractivity contribution in [1.82, 2.24) is 9.97 Å². The molecular formula is C15H17N3. The molecule has 18 heavy (non-hydrogen) atoms. The van der Waals surface area contributed by atoms with Crippen molar-refractivity contribution >= 4 is 11.0 Å². The highest BCUT2D eigenvalue weighted by atomic mass is 14.9. The first-order valence-corrected chi connectivity index (χ1v) is 6.80. The third-order valence-corrected chi connectivity index (χ3v) is 4.85. The molecule has 1 aromatic heterocycles. The minimum atomic E-state index is -0.0811. The number of hydrogen-bond donors (Lipinski definition) is 1. The van der Waals surface area contributed by atoms with E-state index in [1.807, 2.05) is 0 Å². The Morgan fingerprint density at radius 1 is 1.00 bits per heavy atom. The van der Waals surface area contributed by atoms with E-state index in [2.05, 4.69) is 28.2 Å². The molecule has 0 radical (unpaired) electrons. The van der Waals surface area contributed by atoms with Crippen molar-refractivity contribution in [2.75, 3.05) is 0 Å². The molecule has 2 fully saturated rings. The predicted octanol–water partition coefficient (Wildman–Crippen LogP) is 2.60. The second kappa shape index (κ2) is 3.51. The number of hydrogen-bond acceptors (Lipinski definition) is 3. The summed E-state index contributed by atoms with van der Waals surface area (Å²) in [5, 5.41) is 0. The summed E-state index contributed by atoms with van der Waals surface area (Å²) in [5.41, 5.74) is 9.75. The van der Waals surface area contributed by atoms with Gasteiger partial charge >= 0.3 is 0 Å². The van der Waals surface area contributed by atoms with E-state index in [1.54, 1.807) is 12.4 Å². The molecule has 0 amide bonds. The second-order valence-electron chi connectivity index (χ2n) is 5.69. The van der Waals surface area contributed by atoms with Crippen LogP contribution in [0.3, 0.4) is 0 Å². The zero-order chi connectivity index (χ0) is 12.2. The molecule has 92 valence electrons. The molecule has 2 aliphatic rings. The topological polar surface area (TPSA) is 51.8 Å². The normalized spacial score (nSPS) is 34.3. The van der Waals surface area contributed by atoms with Crippen LogP contribution in [0.5, 0.6) is 0 Å². The number of nitrogens with zero attached hydrogens (tertiary/aromatic N) is 2. The molecule has 2 unspecified atom stereocenters. The molecule has 0 spiro atoms. The lowest BCUT2D eigenvalue weighted by atomic mass is 10.0. The maximum Gasteiger partial charge on any atom is 0.0890 e. The summed E-state index contributed by atoms with van der Waals surface area (Å²) in [6.45, 7) is 0. The van der Waals surface area contributed by atoms with Gasteiger partial charge in [-0.05, 0) is 42.4 Å². The van der Waals surface area contributed by atoms with Gasteiger partial charge in [0.2, 0.25) is 0 Å². The Kier molecular flexibility index (Phi) is 2.04. The van der Waals surface area contributed by atoms with E-state index in [4.69, 9.17) is 5.73 Å². The van der Waals surface area contributed by atoms with E-state index in [0.29, 0.717) is 11.8 Å². The summed E-state index contributed by atoms with van der Waals surface area (Å²) >= 11 is 0. The molecule has 0 saturated heterocycles. The van der Waals surface area contributed by atoms with Crippen molar-refractivity contribution in [3.05, 3.63) is 36.2 Å². The van der Waals surface area contributed by atoms with Crippen LogP contribution in [0.4, 0.5) is 0 Å². The van der Waals surface area contributed by atoms with E-state index in [-0.39, 0.29) is 5.54 Å². The zero-order valence-electron chi connectivity index (χ0n) is 10.3. The summed E-state index contributed by atoms with van der Waals surface area (Å²) in [7, 11) is 0. The first-order chi connectivity index (χ1) is 8.80. The standard InChI is InChI=1S/C15H17N3/c16-15(11-3-1-2-4-12(11)15)10-5-6-13-14(9-10)18-8-7-17-13/h5-9,11-12H,1-4,16H2. The van der Waals surface area contributed by atoms with Crippen LogP contribution in [0.15, 0.2) is 30.6 Å². The molecular weight excluding hydrogens is 222 g/mol. The van der Waals surface area contributed by atoms with E-state index in [9.17, 15) is 0 Å². The first-order valence-electron chi connectivity index (χ1n) is 6.80. The molecule has 2 aromatic rings. The molecule has 2 aliphatic carbocycles. The lowest BCUT2D eigenvalue weighted by Crippen LogP contribution is -2.23. The van der Waals surface area contributed by atoms with E-state index in [1.165, 1.54) is 31.2 Å². The Morgan fingerprint density at radius 3 is 2.39 bits per heavy atom. The summed E-state index contributed by atoms with van der Waals surface area (Å²) < 4.78 is 0. The molecule has 2 atom stereocenters. The summed E-state index contributed by atoms with van der Waals surface area (Å²) in [5.74, 6) is 1.39. The van der Waals surface area contributed by atoms with Gasteiger partial charge in [0.05, 0.1) is 11.0 Å². The molecule has 3 nitrogen and oxygen atoms in total. The zero-order valence-corrected chi connectivity index (χ0v) is 10.3. The Hall–Kier alpha value is -1.48. The van der Waals surface area contributed by atoms with Gasteiger partial charge in [-0.1, -0.05) is 18.9 Å². The van der Waals surface area contributed by atoms with Crippen LogP contribution in [0.1, 0.15) is 31.2 Å². The quantitative estimate of drug-likeness (QED) is 0.832. The van der Waals surface area contributed by atoms with Crippen molar-refractivity contribution in [3.8, 4) is 0 Å². The highest BCUT2D eigenvalue weighted by molar-refractivity contribution is 5.75. The van der Waals surface area contributed by atoms with Gasteiger partial charge in [-0.15, -0.1) is 0 Å². The smallest absolute Gasteiger partial charge is 0.0890 e. The van der Waals surface area contributed by atoms with Crippen LogP contribution >= 0.6 is 0 Å². The van der Waals surface area contributed by atoms with Gasteiger partial charge in [0.1, 0.15) is 0 Å². The fourth-order valence-electron chi connectivity index (χ4n) is 3.83. The number of rotatable bonds is 1. The first kappa shape index (κ1) is 10.4.